The zero-order valence-corrected chi connectivity index (χ0v) is 16.1. The lowest BCUT2D eigenvalue weighted by atomic mass is 9.73. The molecule has 0 radical (unpaired) electrons. The van der Waals surface area contributed by atoms with Gasteiger partial charge in [-0.25, -0.2) is 0 Å². The molecule has 2 heterocycles. The first-order valence-electron chi connectivity index (χ1n) is 9.96. The van der Waals surface area contributed by atoms with Crippen LogP contribution in [0.25, 0.3) is 16.9 Å². The highest BCUT2D eigenvalue weighted by Gasteiger charge is 2.49. The second-order valence-electron chi connectivity index (χ2n) is 7.81. The van der Waals surface area contributed by atoms with Crippen molar-refractivity contribution in [2.24, 2.45) is 0 Å². The van der Waals surface area contributed by atoms with E-state index in [1.807, 2.05) is 41.1 Å². The summed E-state index contributed by atoms with van der Waals surface area (Å²) in [5.41, 5.74) is 1.15. The number of fused-ring (bicyclic) bond motifs is 2. The fraction of sp³-hybridized carbons (Fsp3) is 0.348. The number of carboxylic acid groups (broad SMARTS) is 1. The van der Waals surface area contributed by atoms with Crippen LogP contribution in [0.15, 0.2) is 48.2 Å². The molecule has 0 bridgehead atoms. The van der Waals surface area contributed by atoms with E-state index in [4.69, 9.17) is 5.11 Å². The van der Waals surface area contributed by atoms with Gasteiger partial charge in [0.1, 0.15) is 11.1 Å². The standard InChI is InChI=1S/C23H23NO5/c25-18(9-10-19(26)27)20-21(28)17-13-16(15-7-3-1-4-8-15)14-24(17)23(22(20)29)11-5-2-6-12-23/h1,3-4,7-8,13-14,28H,2,5-6,9-12H2,(H,26,27). The van der Waals surface area contributed by atoms with E-state index in [9.17, 15) is 19.5 Å². The molecule has 29 heavy (non-hydrogen) atoms. The number of aliphatic hydroxyl groups excluding tert-OH is 1. The van der Waals surface area contributed by atoms with Crippen molar-refractivity contribution in [1.82, 2.24) is 4.57 Å². The van der Waals surface area contributed by atoms with Gasteiger partial charge in [-0.15, -0.1) is 0 Å². The van der Waals surface area contributed by atoms with Gasteiger partial charge in [0.05, 0.1) is 12.1 Å². The van der Waals surface area contributed by atoms with Crippen LogP contribution in [0, 0.1) is 0 Å². The molecule has 0 saturated heterocycles. The second kappa shape index (κ2) is 7.35. The monoisotopic (exact) mass is 393 g/mol. The molecule has 6 nitrogen and oxygen atoms in total. The lowest BCUT2D eigenvalue weighted by Crippen LogP contribution is -2.48. The number of aliphatic carboxylic acids is 1. The Morgan fingerprint density at radius 3 is 2.34 bits per heavy atom. The quantitative estimate of drug-likeness (QED) is 0.746. The molecule has 6 heteroatoms. The number of rotatable bonds is 5. The maximum absolute atomic E-state index is 13.5. The van der Waals surface area contributed by atoms with Crippen molar-refractivity contribution in [3.8, 4) is 11.1 Å². The van der Waals surface area contributed by atoms with Crippen molar-refractivity contribution in [2.45, 2.75) is 50.5 Å². The molecule has 1 aromatic carbocycles. The summed E-state index contributed by atoms with van der Waals surface area (Å²) in [4.78, 5) is 37.1. The molecule has 0 amide bonds. The summed E-state index contributed by atoms with van der Waals surface area (Å²) in [6, 6.07) is 11.5. The first-order valence-corrected chi connectivity index (χ1v) is 9.96. The van der Waals surface area contributed by atoms with Gasteiger partial charge in [0.25, 0.3) is 0 Å². The average Bonchev–Trinajstić information content (AvgIpc) is 3.19. The van der Waals surface area contributed by atoms with Gasteiger partial charge in [0, 0.05) is 18.2 Å². The topological polar surface area (TPSA) is 96.6 Å². The van der Waals surface area contributed by atoms with Crippen molar-refractivity contribution in [3.05, 3.63) is 53.9 Å². The zero-order valence-electron chi connectivity index (χ0n) is 16.1. The number of hydrogen-bond acceptors (Lipinski definition) is 4. The van der Waals surface area contributed by atoms with Gasteiger partial charge in [0.2, 0.25) is 0 Å². The van der Waals surface area contributed by atoms with Crippen LogP contribution in [0.3, 0.4) is 0 Å². The molecule has 4 rings (SSSR count). The molecule has 2 aromatic rings. The van der Waals surface area contributed by atoms with Gasteiger partial charge in [-0.2, -0.15) is 0 Å². The maximum Gasteiger partial charge on any atom is 0.303 e. The van der Waals surface area contributed by atoms with Gasteiger partial charge in [-0.3, -0.25) is 14.4 Å². The van der Waals surface area contributed by atoms with Gasteiger partial charge in [-0.05, 0) is 24.5 Å². The van der Waals surface area contributed by atoms with Gasteiger partial charge >= 0.3 is 5.97 Å². The summed E-state index contributed by atoms with van der Waals surface area (Å²) in [6.07, 6.45) is 5.17. The summed E-state index contributed by atoms with van der Waals surface area (Å²) < 4.78 is 1.85. The predicted molar refractivity (Wildman–Crippen MR) is 107 cm³/mol. The van der Waals surface area contributed by atoms with E-state index in [1.54, 1.807) is 6.07 Å². The fourth-order valence-electron chi connectivity index (χ4n) is 4.57. The van der Waals surface area contributed by atoms with Crippen LogP contribution in [-0.4, -0.2) is 32.3 Å². The number of allylic oxidation sites excluding steroid dienone is 1. The molecule has 1 aromatic heterocycles. The Bertz CT molecular complexity index is 1010. The molecule has 150 valence electrons. The van der Waals surface area contributed by atoms with Gasteiger partial charge in [-0.1, -0.05) is 49.6 Å². The second-order valence-corrected chi connectivity index (χ2v) is 7.81. The fourth-order valence-corrected chi connectivity index (χ4v) is 4.57. The molecule has 1 spiro atoms. The smallest absolute Gasteiger partial charge is 0.303 e. The first kappa shape index (κ1) is 19.2. The Hall–Kier alpha value is -3.15. The molecule has 0 atom stereocenters. The lowest BCUT2D eigenvalue weighted by molar-refractivity contribution is -0.138. The molecule has 0 unspecified atom stereocenters. The maximum atomic E-state index is 13.5. The number of hydrogen-bond donors (Lipinski definition) is 2. The van der Waals surface area contributed by atoms with E-state index in [1.165, 1.54) is 0 Å². The number of carboxylic acids is 1. The number of carbonyl (C=O) groups excluding carboxylic acids is 2. The van der Waals surface area contributed by atoms with Crippen LogP contribution < -0.4 is 0 Å². The third-order valence-electron chi connectivity index (χ3n) is 6.04. The highest BCUT2D eigenvalue weighted by molar-refractivity contribution is 6.27. The number of ketones is 2. The number of nitrogens with zero attached hydrogens (tertiary/aromatic N) is 1. The third kappa shape index (κ3) is 3.18. The SMILES string of the molecule is O=C(O)CCC(=O)C1=C(O)c2cc(-c3ccccc3)cn2C2(CCCCC2)C1=O. The van der Waals surface area contributed by atoms with Crippen LogP contribution in [0.2, 0.25) is 0 Å². The zero-order chi connectivity index (χ0) is 20.6. The minimum absolute atomic E-state index is 0.238. The predicted octanol–water partition coefficient (Wildman–Crippen LogP) is 4.10. The minimum atomic E-state index is -1.11. The van der Waals surface area contributed by atoms with Crippen molar-refractivity contribution >= 4 is 23.3 Å². The molecular weight excluding hydrogens is 370 g/mol. The van der Waals surface area contributed by atoms with Crippen molar-refractivity contribution < 1.29 is 24.6 Å². The Balaban J connectivity index is 1.86. The molecule has 1 aliphatic heterocycles. The Morgan fingerprint density at radius 1 is 1.00 bits per heavy atom. The molecule has 1 saturated carbocycles. The van der Waals surface area contributed by atoms with E-state index in [0.29, 0.717) is 18.5 Å². The Kier molecular flexibility index (Phi) is 4.86. The lowest BCUT2D eigenvalue weighted by Gasteiger charge is -2.41. The van der Waals surface area contributed by atoms with Gasteiger partial charge < -0.3 is 14.8 Å². The summed E-state index contributed by atoms with van der Waals surface area (Å²) >= 11 is 0. The van der Waals surface area contributed by atoms with Crippen molar-refractivity contribution in [2.75, 3.05) is 0 Å². The van der Waals surface area contributed by atoms with Crippen LogP contribution in [0.1, 0.15) is 50.6 Å². The Morgan fingerprint density at radius 2 is 1.69 bits per heavy atom. The number of benzene rings is 1. The molecule has 2 N–H and O–H groups in total. The number of carbonyl (C=O) groups is 3. The number of aliphatic hydroxyl groups is 1. The van der Waals surface area contributed by atoms with E-state index in [-0.39, 0.29) is 30.0 Å². The highest BCUT2D eigenvalue weighted by atomic mass is 16.4. The van der Waals surface area contributed by atoms with Crippen molar-refractivity contribution in [3.63, 3.8) is 0 Å². The van der Waals surface area contributed by atoms with Crippen LogP contribution in [-0.2, 0) is 19.9 Å². The summed E-state index contributed by atoms with van der Waals surface area (Å²) in [6.45, 7) is 0. The van der Waals surface area contributed by atoms with E-state index in [2.05, 4.69) is 0 Å². The summed E-state index contributed by atoms with van der Waals surface area (Å²) in [5, 5.41) is 19.8. The molecular formula is C23H23NO5. The Labute approximate surface area is 168 Å². The third-order valence-corrected chi connectivity index (χ3v) is 6.04. The van der Waals surface area contributed by atoms with Crippen molar-refractivity contribution in [1.29, 1.82) is 0 Å². The molecule has 1 fully saturated rings. The van der Waals surface area contributed by atoms with E-state index in [0.717, 1.165) is 30.4 Å². The number of aromatic nitrogens is 1. The number of Topliss-reactive ketones (excluding diaryl/α,β-unsaturated/α-hetero) is 2. The van der Waals surface area contributed by atoms with Gasteiger partial charge in [0.15, 0.2) is 17.3 Å². The van der Waals surface area contributed by atoms with Crippen LogP contribution >= 0.6 is 0 Å². The normalized spacial score (nSPS) is 18.0. The average molecular weight is 393 g/mol. The minimum Gasteiger partial charge on any atom is -0.505 e. The molecule has 2 aliphatic rings. The van der Waals surface area contributed by atoms with Crippen LogP contribution in [0.4, 0.5) is 0 Å². The summed E-state index contributed by atoms with van der Waals surface area (Å²) in [5.74, 6) is -2.44. The molecule has 1 aliphatic carbocycles. The first-order chi connectivity index (χ1) is 13.9. The van der Waals surface area contributed by atoms with Crippen LogP contribution in [0.5, 0.6) is 0 Å². The highest BCUT2D eigenvalue weighted by Crippen LogP contribution is 2.45. The van der Waals surface area contributed by atoms with E-state index < -0.39 is 17.3 Å². The van der Waals surface area contributed by atoms with E-state index >= 15 is 0 Å². The summed E-state index contributed by atoms with van der Waals surface area (Å²) in [7, 11) is 0. The largest absolute Gasteiger partial charge is 0.505 e.